The van der Waals surface area contributed by atoms with Gasteiger partial charge < -0.3 is 16.0 Å². The van der Waals surface area contributed by atoms with Gasteiger partial charge in [0.2, 0.25) is 11.8 Å². The molecule has 2 aliphatic rings. The van der Waals surface area contributed by atoms with Crippen molar-refractivity contribution >= 4 is 17.5 Å². The molecule has 1 heterocycles. The molecule has 1 saturated carbocycles. The topological polar surface area (TPSA) is 70.2 Å². The molecule has 3 N–H and O–H groups in total. The average molecular weight is 301 g/mol. The van der Waals surface area contributed by atoms with Gasteiger partial charge >= 0.3 is 0 Å². The Morgan fingerprint density at radius 3 is 2.73 bits per heavy atom. The number of carbonyl (C=O) groups excluding carboxylic acids is 2. The summed E-state index contributed by atoms with van der Waals surface area (Å²) in [5.41, 5.74) is 1.82. The Bertz CT molecular complexity index is 573. The van der Waals surface area contributed by atoms with E-state index in [1.54, 1.807) is 0 Å². The fourth-order valence-corrected chi connectivity index (χ4v) is 3.37. The third-order valence-electron chi connectivity index (χ3n) is 4.63. The summed E-state index contributed by atoms with van der Waals surface area (Å²) >= 11 is 0. The summed E-state index contributed by atoms with van der Waals surface area (Å²) in [6.07, 6.45) is 4.63. The van der Waals surface area contributed by atoms with Crippen LogP contribution < -0.4 is 16.0 Å². The number of hydrogen-bond acceptors (Lipinski definition) is 3. The summed E-state index contributed by atoms with van der Waals surface area (Å²) < 4.78 is 0. The van der Waals surface area contributed by atoms with Crippen molar-refractivity contribution in [3.8, 4) is 0 Å². The molecule has 1 aromatic carbocycles. The summed E-state index contributed by atoms with van der Waals surface area (Å²) in [5.74, 6) is -0.181. The van der Waals surface area contributed by atoms with E-state index in [1.165, 1.54) is 12.8 Å². The van der Waals surface area contributed by atoms with Gasteiger partial charge in [0.15, 0.2) is 0 Å². The van der Waals surface area contributed by atoms with Gasteiger partial charge in [0.25, 0.3) is 0 Å². The first-order chi connectivity index (χ1) is 10.6. The Morgan fingerprint density at radius 1 is 1.23 bits per heavy atom. The molecular formula is C17H23N3O2. The second-order valence-electron chi connectivity index (χ2n) is 6.29. The van der Waals surface area contributed by atoms with E-state index < -0.39 is 6.04 Å². The fourth-order valence-electron chi connectivity index (χ4n) is 3.37. The van der Waals surface area contributed by atoms with Crippen LogP contribution in [0.4, 0.5) is 5.69 Å². The van der Waals surface area contributed by atoms with Crippen molar-refractivity contribution in [2.24, 2.45) is 0 Å². The molecule has 0 radical (unpaired) electrons. The largest absolute Gasteiger partial charge is 0.350 e. The number of anilines is 1. The number of nitrogens with one attached hydrogen (secondary N) is 3. The van der Waals surface area contributed by atoms with E-state index >= 15 is 0 Å². The summed E-state index contributed by atoms with van der Waals surface area (Å²) in [7, 11) is 0. The maximum absolute atomic E-state index is 12.2. The van der Waals surface area contributed by atoms with Crippen LogP contribution in [-0.4, -0.2) is 29.9 Å². The second kappa shape index (κ2) is 6.48. The van der Waals surface area contributed by atoms with Crippen LogP contribution in [0, 0.1) is 6.92 Å². The van der Waals surface area contributed by atoms with E-state index in [0.717, 1.165) is 24.1 Å². The number of amides is 2. The Labute approximate surface area is 130 Å². The standard InChI is InChI=1S/C17H23N3O2/c1-11-6-2-3-7-12(11)19-16(21)10-15-17(22)20-14-9-5-4-8-13(14)18-15/h2-3,6-7,13-15,18H,4-5,8-10H2,1H3,(H,19,21)(H,20,22)/t13-,14-,15+/m1/s1. The van der Waals surface area contributed by atoms with Crippen LogP contribution in [-0.2, 0) is 9.59 Å². The molecule has 2 fully saturated rings. The third kappa shape index (κ3) is 3.30. The van der Waals surface area contributed by atoms with Crippen molar-refractivity contribution in [2.45, 2.75) is 57.2 Å². The van der Waals surface area contributed by atoms with E-state index in [1.807, 2.05) is 31.2 Å². The molecule has 118 valence electrons. The van der Waals surface area contributed by atoms with Gasteiger partial charge in [0.05, 0.1) is 12.5 Å². The minimum Gasteiger partial charge on any atom is -0.350 e. The summed E-state index contributed by atoms with van der Waals surface area (Å²) in [4.78, 5) is 24.4. The molecule has 1 aliphatic heterocycles. The monoisotopic (exact) mass is 301 g/mol. The minimum absolute atomic E-state index is 0.0527. The molecule has 5 heteroatoms. The van der Waals surface area contributed by atoms with Crippen LogP contribution in [0.3, 0.4) is 0 Å². The highest BCUT2D eigenvalue weighted by Crippen LogP contribution is 2.22. The highest BCUT2D eigenvalue weighted by Gasteiger charge is 2.36. The molecule has 5 nitrogen and oxygen atoms in total. The number of para-hydroxylation sites is 1. The first-order valence-electron chi connectivity index (χ1n) is 8.05. The summed E-state index contributed by atoms with van der Waals surface area (Å²) in [6, 6.07) is 7.76. The molecule has 0 spiro atoms. The Hall–Kier alpha value is -1.88. The van der Waals surface area contributed by atoms with Crippen LogP contribution in [0.2, 0.25) is 0 Å². The van der Waals surface area contributed by atoms with Crippen LogP contribution in [0.25, 0.3) is 0 Å². The number of aryl methyl sites for hydroxylation is 1. The highest BCUT2D eigenvalue weighted by molar-refractivity contribution is 5.96. The lowest BCUT2D eigenvalue weighted by molar-refractivity contribution is -0.129. The van der Waals surface area contributed by atoms with Crippen LogP contribution in [0.15, 0.2) is 24.3 Å². The second-order valence-corrected chi connectivity index (χ2v) is 6.29. The third-order valence-corrected chi connectivity index (χ3v) is 4.63. The predicted molar refractivity (Wildman–Crippen MR) is 85.5 cm³/mol. The van der Waals surface area contributed by atoms with Gasteiger partial charge in [0, 0.05) is 17.8 Å². The Morgan fingerprint density at radius 2 is 1.95 bits per heavy atom. The normalized spacial score (nSPS) is 27.7. The molecule has 0 bridgehead atoms. The number of fused-ring (bicyclic) bond motifs is 1. The van der Waals surface area contributed by atoms with Gasteiger partial charge in [0.1, 0.15) is 0 Å². The number of benzene rings is 1. The van der Waals surface area contributed by atoms with E-state index in [2.05, 4.69) is 16.0 Å². The quantitative estimate of drug-likeness (QED) is 0.796. The van der Waals surface area contributed by atoms with E-state index in [4.69, 9.17) is 0 Å². The van der Waals surface area contributed by atoms with Crippen molar-refractivity contribution in [3.63, 3.8) is 0 Å². The lowest BCUT2D eigenvalue weighted by Crippen LogP contribution is -2.65. The molecule has 0 unspecified atom stereocenters. The fraction of sp³-hybridized carbons (Fsp3) is 0.529. The molecule has 1 aromatic rings. The minimum atomic E-state index is -0.427. The molecule has 0 aromatic heterocycles. The maximum Gasteiger partial charge on any atom is 0.237 e. The van der Waals surface area contributed by atoms with Crippen LogP contribution in [0.1, 0.15) is 37.7 Å². The predicted octanol–water partition coefficient (Wildman–Crippen LogP) is 1.72. The lowest BCUT2D eigenvalue weighted by Gasteiger charge is -2.40. The van der Waals surface area contributed by atoms with Crippen LogP contribution >= 0.6 is 0 Å². The molecular weight excluding hydrogens is 278 g/mol. The van der Waals surface area contributed by atoms with Gasteiger partial charge in [-0.05, 0) is 31.4 Å². The molecule has 22 heavy (non-hydrogen) atoms. The smallest absolute Gasteiger partial charge is 0.237 e. The number of piperazine rings is 1. The first kappa shape index (κ1) is 15.0. The summed E-state index contributed by atoms with van der Waals surface area (Å²) in [6.45, 7) is 1.95. The van der Waals surface area contributed by atoms with Crippen molar-refractivity contribution in [1.82, 2.24) is 10.6 Å². The number of carbonyl (C=O) groups is 2. The van der Waals surface area contributed by atoms with Crippen molar-refractivity contribution in [1.29, 1.82) is 0 Å². The first-order valence-corrected chi connectivity index (χ1v) is 8.05. The zero-order valence-corrected chi connectivity index (χ0v) is 12.9. The highest BCUT2D eigenvalue weighted by atomic mass is 16.2. The summed E-state index contributed by atoms with van der Waals surface area (Å²) in [5, 5.41) is 9.32. The lowest BCUT2D eigenvalue weighted by atomic mass is 9.87. The van der Waals surface area contributed by atoms with E-state index in [9.17, 15) is 9.59 Å². The van der Waals surface area contributed by atoms with Gasteiger partial charge in [-0.2, -0.15) is 0 Å². The molecule has 3 atom stereocenters. The van der Waals surface area contributed by atoms with Gasteiger partial charge in [-0.1, -0.05) is 31.0 Å². The van der Waals surface area contributed by atoms with Crippen molar-refractivity contribution in [2.75, 3.05) is 5.32 Å². The van der Waals surface area contributed by atoms with Crippen molar-refractivity contribution < 1.29 is 9.59 Å². The Balaban J connectivity index is 1.59. The SMILES string of the molecule is Cc1ccccc1NC(=O)C[C@@H]1N[C@@H]2CCCC[C@H]2NC1=O. The average Bonchev–Trinajstić information content (AvgIpc) is 2.50. The molecule has 1 saturated heterocycles. The molecule has 2 amide bonds. The van der Waals surface area contributed by atoms with Gasteiger partial charge in [-0.25, -0.2) is 0 Å². The van der Waals surface area contributed by atoms with E-state index in [0.29, 0.717) is 6.04 Å². The Kier molecular flexibility index (Phi) is 4.43. The number of rotatable bonds is 3. The van der Waals surface area contributed by atoms with Crippen LogP contribution in [0.5, 0.6) is 0 Å². The zero-order chi connectivity index (χ0) is 15.5. The van der Waals surface area contributed by atoms with Crippen molar-refractivity contribution in [3.05, 3.63) is 29.8 Å². The van der Waals surface area contributed by atoms with Gasteiger partial charge in [-0.3, -0.25) is 9.59 Å². The van der Waals surface area contributed by atoms with E-state index in [-0.39, 0.29) is 24.3 Å². The molecule has 1 aliphatic carbocycles. The molecule has 3 rings (SSSR count). The van der Waals surface area contributed by atoms with Gasteiger partial charge in [-0.15, -0.1) is 0 Å². The number of hydrogen-bond donors (Lipinski definition) is 3. The zero-order valence-electron chi connectivity index (χ0n) is 12.9. The maximum atomic E-state index is 12.2.